The molecule has 0 spiro atoms. The number of aromatic nitrogens is 3. The molecule has 132 valence electrons. The molecule has 1 amide bonds. The van der Waals surface area contributed by atoms with Crippen LogP contribution in [-0.2, 0) is 17.8 Å². The normalized spacial score (nSPS) is 22.6. The van der Waals surface area contributed by atoms with Gasteiger partial charge in [0.25, 0.3) is 5.91 Å². The number of nitrogens with zero attached hydrogens (tertiary/aromatic N) is 4. The molecule has 0 bridgehead atoms. The fourth-order valence-corrected chi connectivity index (χ4v) is 3.80. The Balaban J connectivity index is 1.48. The van der Waals surface area contributed by atoms with Crippen LogP contribution < -0.4 is 0 Å². The molecule has 0 unspecified atom stereocenters. The van der Waals surface area contributed by atoms with Crippen LogP contribution in [0.25, 0.3) is 0 Å². The highest BCUT2D eigenvalue weighted by molar-refractivity contribution is 5.94. The van der Waals surface area contributed by atoms with E-state index in [2.05, 4.69) is 36.3 Å². The second-order valence-electron chi connectivity index (χ2n) is 7.42. The fourth-order valence-electron chi connectivity index (χ4n) is 3.80. The number of ether oxygens (including phenoxy) is 1. The van der Waals surface area contributed by atoms with Crippen molar-refractivity contribution in [2.45, 2.75) is 45.4 Å². The first kappa shape index (κ1) is 16.3. The minimum absolute atomic E-state index is 0.0594. The SMILES string of the molecule is CC(C)Cc1ccc(C(=O)N2CC[C@H]3OCc4cnnn4[C@H]3C2)cc1. The van der Waals surface area contributed by atoms with Crippen LogP contribution in [0.2, 0.25) is 0 Å². The van der Waals surface area contributed by atoms with Gasteiger partial charge in [-0.2, -0.15) is 0 Å². The lowest BCUT2D eigenvalue weighted by molar-refractivity contribution is -0.0605. The molecule has 0 aliphatic carbocycles. The van der Waals surface area contributed by atoms with Crippen molar-refractivity contribution < 1.29 is 9.53 Å². The Bertz CT molecular complexity index is 753. The Kier molecular flexibility index (Phi) is 4.29. The summed E-state index contributed by atoms with van der Waals surface area (Å²) in [5, 5.41) is 8.18. The van der Waals surface area contributed by atoms with Crippen molar-refractivity contribution >= 4 is 5.91 Å². The molecule has 1 saturated heterocycles. The molecule has 6 nitrogen and oxygen atoms in total. The molecule has 4 rings (SSSR count). The van der Waals surface area contributed by atoms with Gasteiger partial charge in [0, 0.05) is 18.7 Å². The number of piperidine rings is 1. The third-order valence-corrected chi connectivity index (χ3v) is 5.06. The van der Waals surface area contributed by atoms with E-state index < -0.39 is 0 Å². The summed E-state index contributed by atoms with van der Waals surface area (Å²) in [6.07, 6.45) is 3.73. The number of likely N-dealkylation sites (tertiary alicyclic amines) is 1. The van der Waals surface area contributed by atoms with E-state index in [1.54, 1.807) is 6.20 Å². The van der Waals surface area contributed by atoms with Gasteiger partial charge in [0.2, 0.25) is 0 Å². The first-order valence-electron chi connectivity index (χ1n) is 9.00. The Morgan fingerprint density at radius 1 is 1.32 bits per heavy atom. The minimum atomic E-state index is 0.0594. The number of carbonyl (C=O) groups is 1. The number of rotatable bonds is 3. The van der Waals surface area contributed by atoms with Crippen molar-refractivity contribution in [3.63, 3.8) is 0 Å². The number of carbonyl (C=O) groups excluding carboxylic acids is 1. The zero-order valence-corrected chi connectivity index (χ0v) is 14.8. The molecule has 2 aliphatic rings. The van der Waals surface area contributed by atoms with Gasteiger partial charge in [-0.25, -0.2) is 4.68 Å². The van der Waals surface area contributed by atoms with Crippen molar-refractivity contribution in [2.75, 3.05) is 13.1 Å². The van der Waals surface area contributed by atoms with Gasteiger partial charge >= 0.3 is 0 Å². The standard InChI is InChI=1S/C19H24N4O2/c1-13(2)9-14-3-5-15(6-4-14)19(24)22-8-7-18-17(11-22)23-16(12-25-18)10-20-21-23/h3-6,10,13,17-18H,7-9,11-12H2,1-2H3/t17-,18+/m0/s1. The molecule has 6 heteroatoms. The maximum atomic E-state index is 12.9. The molecule has 2 aliphatic heterocycles. The van der Waals surface area contributed by atoms with E-state index in [0.29, 0.717) is 19.1 Å². The summed E-state index contributed by atoms with van der Waals surface area (Å²) in [5.41, 5.74) is 3.01. The molecule has 0 N–H and O–H groups in total. The van der Waals surface area contributed by atoms with Gasteiger partial charge in [-0.05, 0) is 36.5 Å². The van der Waals surface area contributed by atoms with Crippen LogP contribution >= 0.6 is 0 Å². The molecule has 1 aromatic heterocycles. The number of hydrogen-bond donors (Lipinski definition) is 0. The summed E-state index contributed by atoms with van der Waals surface area (Å²) in [6, 6.07) is 8.09. The van der Waals surface area contributed by atoms with Gasteiger partial charge in [0.15, 0.2) is 0 Å². The lowest BCUT2D eigenvalue weighted by atomic mass is 9.98. The van der Waals surface area contributed by atoms with Gasteiger partial charge in [0.1, 0.15) is 0 Å². The predicted molar refractivity (Wildman–Crippen MR) is 93.1 cm³/mol. The van der Waals surface area contributed by atoms with Crippen LogP contribution in [0.4, 0.5) is 0 Å². The summed E-state index contributed by atoms with van der Waals surface area (Å²) < 4.78 is 7.84. The van der Waals surface area contributed by atoms with E-state index >= 15 is 0 Å². The average molecular weight is 340 g/mol. The monoisotopic (exact) mass is 340 g/mol. The lowest BCUT2D eigenvalue weighted by Crippen LogP contribution is -2.49. The summed E-state index contributed by atoms with van der Waals surface area (Å²) >= 11 is 0. The molecule has 3 heterocycles. The lowest BCUT2D eigenvalue weighted by Gasteiger charge is -2.41. The van der Waals surface area contributed by atoms with E-state index in [-0.39, 0.29) is 18.1 Å². The highest BCUT2D eigenvalue weighted by Crippen LogP contribution is 2.30. The second-order valence-corrected chi connectivity index (χ2v) is 7.42. The van der Waals surface area contributed by atoms with Crippen molar-refractivity contribution in [3.8, 4) is 0 Å². The summed E-state index contributed by atoms with van der Waals surface area (Å²) in [7, 11) is 0. The zero-order valence-electron chi connectivity index (χ0n) is 14.8. The first-order chi connectivity index (χ1) is 12.1. The Labute approximate surface area is 147 Å². The molecular formula is C19H24N4O2. The second kappa shape index (κ2) is 6.59. The third-order valence-electron chi connectivity index (χ3n) is 5.06. The Hall–Kier alpha value is -2.21. The predicted octanol–water partition coefficient (Wildman–Crippen LogP) is 2.46. The van der Waals surface area contributed by atoms with E-state index in [4.69, 9.17) is 4.74 Å². The molecule has 1 fully saturated rings. The van der Waals surface area contributed by atoms with Crippen LogP contribution in [0.5, 0.6) is 0 Å². The van der Waals surface area contributed by atoms with Gasteiger partial charge in [0.05, 0.1) is 30.6 Å². The highest BCUT2D eigenvalue weighted by Gasteiger charge is 2.37. The van der Waals surface area contributed by atoms with E-state index in [0.717, 1.165) is 30.6 Å². The molecule has 0 radical (unpaired) electrons. The van der Waals surface area contributed by atoms with Gasteiger partial charge in [-0.15, -0.1) is 5.10 Å². The smallest absolute Gasteiger partial charge is 0.253 e. The van der Waals surface area contributed by atoms with Crippen LogP contribution in [0, 0.1) is 5.92 Å². The van der Waals surface area contributed by atoms with Crippen LogP contribution in [-0.4, -0.2) is 45.0 Å². The number of amides is 1. The zero-order chi connectivity index (χ0) is 17.4. The molecule has 25 heavy (non-hydrogen) atoms. The fraction of sp³-hybridized carbons (Fsp3) is 0.526. The quantitative estimate of drug-likeness (QED) is 0.861. The maximum absolute atomic E-state index is 12.9. The van der Waals surface area contributed by atoms with Crippen LogP contribution in [0.15, 0.2) is 30.5 Å². The first-order valence-corrected chi connectivity index (χ1v) is 9.00. The van der Waals surface area contributed by atoms with Crippen LogP contribution in [0.3, 0.4) is 0 Å². The number of fused-ring (bicyclic) bond motifs is 3. The van der Waals surface area contributed by atoms with E-state index in [9.17, 15) is 4.79 Å². The van der Waals surface area contributed by atoms with Crippen molar-refractivity contribution in [1.29, 1.82) is 0 Å². The van der Waals surface area contributed by atoms with Gasteiger partial charge in [-0.3, -0.25) is 4.79 Å². The Morgan fingerprint density at radius 2 is 2.12 bits per heavy atom. The molecule has 2 atom stereocenters. The third kappa shape index (κ3) is 3.18. The van der Waals surface area contributed by atoms with Crippen LogP contribution in [0.1, 0.15) is 47.9 Å². The van der Waals surface area contributed by atoms with Gasteiger partial charge < -0.3 is 9.64 Å². The number of benzene rings is 1. The molecule has 1 aromatic carbocycles. The minimum Gasteiger partial charge on any atom is -0.370 e. The van der Waals surface area contributed by atoms with Crippen molar-refractivity contribution in [1.82, 2.24) is 19.9 Å². The highest BCUT2D eigenvalue weighted by atomic mass is 16.5. The number of hydrogen-bond acceptors (Lipinski definition) is 4. The average Bonchev–Trinajstić information content (AvgIpc) is 3.10. The summed E-state index contributed by atoms with van der Waals surface area (Å²) in [5.74, 6) is 0.700. The van der Waals surface area contributed by atoms with Crippen molar-refractivity contribution in [3.05, 3.63) is 47.3 Å². The molecule has 2 aromatic rings. The molecular weight excluding hydrogens is 316 g/mol. The topological polar surface area (TPSA) is 60.3 Å². The largest absolute Gasteiger partial charge is 0.370 e. The van der Waals surface area contributed by atoms with E-state index in [1.807, 2.05) is 21.7 Å². The summed E-state index contributed by atoms with van der Waals surface area (Å²) in [4.78, 5) is 14.8. The van der Waals surface area contributed by atoms with Crippen molar-refractivity contribution in [2.24, 2.45) is 5.92 Å². The summed E-state index contributed by atoms with van der Waals surface area (Å²) in [6.45, 7) is 6.30. The van der Waals surface area contributed by atoms with Gasteiger partial charge in [-0.1, -0.05) is 31.2 Å². The maximum Gasteiger partial charge on any atom is 0.253 e. The van der Waals surface area contributed by atoms with E-state index in [1.165, 1.54) is 5.56 Å². The molecule has 0 saturated carbocycles. The Morgan fingerprint density at radius 3 is 2.88 bits per heavy atom.